The van der Waals surface area contributed by atoms with Crippen molar-refractivity contribution in [2.24, 2.45) is 0 Å². The van der Waals surface area contributed by atoms with Crippen LogP contribution in [0.25, 0.3) is 0 Å². The summed E-state index contributed by atoms with van der Waals surface area (Å²) in [5.74, 6) is 0.556. The Morgan fingerprint density at radius 1 is 1.21 bits per heavy atom. The van der Waals surface area contributed by atoms with Crippen LogP contribution in [-0.2, 0) is 6.42 Å². The second-order valence-corrected chi connectivity index (χ2v) is 6.98. The van der Waals surface area contributed by atoms with Crippen LogP contribution in [-0.4, -0.2) is 36.2 Å². The van der Waals surface area contributed by atoms with E-state index in [1.165, 1.54) is 20.3 Å². The number of aromatic nitrogens is 1. The summed E-state index contributed by atoms with van der Waals surface area (Å²) in [5, 5.41) is 14.3. The van der Waals surface area contributed by atoms with Gasteiger partial charge < -0.3 is 19.4 Å². The number of carbonyl (C=O) groups is 1. The average Bonchev–Trinajstić information content (AvgIpc) is 3.45. The number of benzene rings is 1. The number of nitrogens with zero attached hydrogens (tertiary/aromatic N) is 2. The van der Waals surface area contributed by atoms with E-state index in [0.717, 1.165) is 24.2 Å². The molecule has 1 aliphatic carbocycles. The molecule has 3 rings (SSSR count). The molecule has 8 heteroatoms. The molecule has 1 N–H and O–H groups in total. The third-order valence-corrected chi connectivity index (χ3v) is 5.10. The van der Waals surface area contributed by atoms with Crippen LogP contribution in [0.5, 0.6) is 11.5 Å². The topological polar surface area (TPSA) is 95.6 Å². The normalized spacial score (nSPS) is 13.3. The number of nitro groups is 1. The van der Waals surface area contributed by atoms with E-state index in [0.29, 0.717) is 35.1 Å². The van der Waals surface area contributed by atoms with Gasteiger partial charge >= 0.3 is 0 Å². The number of nitro benzene ring substituents is 1. The zero-order valence-electron chi connectivity index (χ0n) is 16.6. The van der Waals surface area contributed by atoms with Crippen LogP contribution in [0.4, 0.5) is 5.69 Å². The number of ether oxygens (including phenoxy) is 2. The molecule has 0 aliphatic heterocycles. The molecule has 1 aromatic carbocycles. The number of nitrogens with one attached hydrogen (secondary N) is 1. The first-order valence-electron chi connectivity index (χ1n) is 9.23. The van der Waals surface area contributed by atoms with Crippen molar-refractivity contribution < 1.29 is 19.2 Å². The predicted octanol–water partition coefficient (Wildman–Crippen LogP) is 3.34. The number of rotatable bonds is 8. The van der Waals surface area contributed by atoms with Gasteiger partial charge in [0.1, 0.15) is 0 Å². The van der Waals surface area contributed by atoms with Crippen molar-refractivity contribution in [2.75, 3.05) is 20.8 Å². The second-order valence-electron chi connectivity index (χ2n) is 6.98. The second kappa shape index (κ2) is 7.92. The summed E-state index contributed by atoms with van der Waals surface area (Å²) in [7, 11) is 2.91. The van der Waals surface area contributed by atoms with E-state index in [1.54, 1.807) is 6.07 Å². The lowest BCUT2D eigenvalue weighted by atomic mass is 10.1. The number of carbonyl (C=O) groups excluding carboxylic acids is 1. The summed E-state index contributed by atoms with van der Waals surface area (Å²) in [6.45, 7) is 4.25. The third-order valence-electron chi connectivity index (χ3n) is 5.10. The molecule has 1 fully saturated rings. The first-order valence-corrected chi connectivity index (χ1v) is 9.23. The number of methoxy groups -OCH3 is 2. The molecule has 1 aromatic heterocycles. The SMILES string of the molecule is COc1cc(CCNC(=O)c2cc(C)n(C3CC3)c2C)c([N+](=O)[O-])cc1OC. The van der Waals surface area contributed by atoms with Crippen molar-refractivity contribution in [1.29, 1.82) is 0 Å². The van der Waals surface area contributed by atoms with E-state index < -0.39 is 4.92 Å². The van der Waals surface area contributed by atoms with Gasteiger partial charge in [-0.1, -0.05) is 0 Å². The van der Waals surface area contributed by atoms with Gasteiger partial charge in [0.15, 0.2) is 11.5 Å². The molecule has 2 aromatic rings. The third kappa shape index (κ3) is 3.81. The van der Waals surface area contributed by atoms with Gasteiger partial charge in [0.2, 0.25) is 0 Å². The van der Waals surface area contributed by atoms with Crippen molar-refractivity contribution in [3.63, 3.8) is 0 Å². The molecule has 1 aliphatic rings. The molecule has 1 amide bonds. The smallest absolute Gasteiger partial charge is 0.276 e. The summed E-state index contributed by atoms with van der Waals surface area (Å²) in [4.78, 5) is 23.5. The maximum Gasteiger partial charge on any atom is 0.276 e. The minimum atomic E-state index is -0.456. The lowest BCUT2D eigenvalue weighted by Crippen LogP contribution is -2.26. The Labute approximate surface area is 163 Å². The minimum Gasteiger partial charge on any atom is -0.493 e. The van der Waals surface area contributed by atoms with E-state index in [9.17, 15) is 14.9 Å². The molecule has 0 spiro atoms. The summed E-state index contributed by atoms with van der Waals surface area (Å²) in [5.41, 5.74) is 3.13. The standard InChI is InChI=1S/C20H25N3O5/c1-12-9-16(13(2)22(12)15-5-6-15)20(24)21-8-7-14-10-18(27-3)19(28-4)11-17(14)23(25)26/h9-11,15H,5-8H2,1-4H3,(H,21,24). The highest BCUT2D eigenvalue weighted by Crippen LogP contribution is 2.38. The van der Waals surface area contributed by atoms with Gasteiger partial charge in [-0.2, -0.15) is 0 Å². The van der Waals surface area contributed by atoms with E-state index in [2.05, 4.69) is 9.88 Å². The van der Waals surface area contributed by atoms with Crippen molar-refractivity contribution in [1.82, 2.24) is 9.88 Å². The first kappa shape index (κ1) is 19.7. The molecule has 0 atom stereocenters. The van der Waals surface area contributed by atoms with Gasteiger partial charge in [-0.25, -0.2) is 0 Å². The number of hydrogen-bond donors (Lipinski definition) is 1. The maximum atomic E-state index is 12.6. The van der Waals surface area contributed by atoms with Crippen LogP contribution >= 0.6 is 0 Å². The number of aryl methyl sites for hydroxylation is 1. The number of amides is 1. The zero-order valence-corrected chi connectivity index (χ0v) is 16.6. The maximum absolute atomic E-state index is 12.6. The molecule has 0 saturated heterocycles. The largest absolute Gasteiger partial charge is 0.493 e. The predicted molar refractivity (Wildman–Crippen MR) is 104 cm³/mol. The van der Waals surface area contributed by atoms with Crippen molar-refractivity contribution in [3.05, 3.63) is 50.8 Å². The molecule has 0 bridgehead atoms. The fraction of sp³-hybridized carbons (Fsp3) is 0.450. The molecule has 8 nitrogen and oxygen atoms in total. The molecule has 1 heterocycles. The van der Waals surface area contributed by atoms with Crippen molar-refractivity contribution in [2.45, 2.75) is 39.2 Å². The Morgan fingerprint density at radius 3 is 2.43 bits per heavy atom. The van der Waals surface area contributed by atoms with Crippen molar-refractivity contribution >= 4 is 11.6 Å². The van der Waals surface area contributed by atoms with Crippen LogP contribution in [0.1, 0.15) is 46.2 Å². The Hall–Kier alpha value is -3.03. The number of hydrogen-bond acceptors (Lipinski definition) is 5. The zero-order chi connectivity index (χ0) is 20.4. The Morgan fingerprint density at radius 2 is 1.86 bits per heavy atom. The summed E-state index contributed by atoms with van der Waals surface area (Å²) in [6, 6.07) is 5.35. The Kier molecular flexibility index (Phi) is 5.58. The monoisotopic (exact) mass is 387 g/mol. The van der Waals surface area contributed by atoms with Crippen molar-refractivity contribution in [3.8, 4) is 11.5 Å². The van der Waals surface area contributed by atoms with E-state index >= 15 is 0 Å². The lowest BCUT2D eigenvalue weighted by molar-refractivity contribution is -0.385. The molecule has 1 saturated carbocycles. The lowest BCUT2D eigenvalue weighted by Gasteiger charge is -2.11. The van der Waals surface area contributed by atoms with Gasteiger partial charge in [0.05, 0.1) is 30.8 Å². The summed E-state index contributed by atoms with van der Waals surface area (Å²) < 4.78 is 12.6. The van der Waals surface area contributed by atoms with Crippen LogP contribution in [0.2, 0.25) is 0 Å². The fourth-order valence-corrected chi connectivity index (χ4v) is 3.59. The van der Waals surface area contributed by atoms with E-state index in [-0.39, 0.29) is 18.1 Å². The van der Waals surface area contributed by atoms with Crippen LogP contribution in [0, 0.1) is 24.0 Å². The first-order chi connectivity index (χ1) is 13.4. The highest BCUT2D eigenvalue weighted by molar-refractivity contribution is 5.95. The highest BCUT2D eigenvalue weighted by Gasteiger charge is 2.28. The molecule has 0 unspecified atom stereocenters. The summed E-state index contributed by atoms with van der Waals surface area (Å²) in [6.07, 6.45) is 2.62. The average molecular weight is 387 g/mol. The molecule has 28 heavy (non-hydrogen) atoms. The van der Waals surface area contributed by atoms with Gasteiger partial charge in [-0.05, 0) is 45.2 Å². The quantitative estimate of drug-likeness (QED) is 0.554. The van der Waals surface area contributed by atoms with Gasteiger partial charge in [-0.3, -0.25) is 14.9 Å². The van der Waals surface area contributed by atoms with E-state index in [4.69, 9.17) is 9.47 Å². The van der Waals surface area contributed by atoms with Gasteiger partial charge in [0.25, 0.3) is 11.6 Å². The Bertz CT molecular complexity index is 915. The van der Waals surface area contributed by atoms with E-state index in [1.807, 2.05) is 19.9 Å². The highest BCUT2D eigenvalue weighted by atomic mass is 16.6. The summed E-state index contributed by atoms with van der Waals surface area (Å²) >= 11 is 0. The van der Waals surface area contributed by atoms with Gasteiger partial charge in [-0.15, -0.1) is 0 Å². The van der Waals surface area contributed by atoms with Crippen LogP contribution in [0.15, 0.2) is 18.2 Å². The van der Waals surface area contributed by atoms with Crippen LogP contribution in [0.3, 0.4) is 0 Å². The van der Waals surface area contributed by atoms with Gasteiger partial charge in [0, 0.05) is 29.5 Å². The minimum absolute atomic E-state index is 0.0567. The fourth-order valence-electron chi connectivity index (χ4n) is 3.59. The molecule has 0 radical (unpaired) electrons. The molecular formula is C20H25N3O5. The van der Waals surface area contributed by atoms with Crippen LogP contribution < -0.4 is 14.8 Å². The Balaban J connectivity index is 1.72. The molecule has 150 valence electrons. The molecular weight excluding hydrogens is 362 g/mol.